The third kappa shape index (κ3) is 3.28. The number of hydrogen-bond donors (Lipinski definition) is 1. The van der Waals surface area contributed by atoms with Crippen molar-refractivity contribution < 1.29 is 0 Å². The van der Waals surface area contributed by atoms with E-state index in [9.17, 15) is 0 Å². The molecule has 112 valence electrons. The van der Waals surface area contributed by atoms with Crippen molar-refractivity contribution in [2.75, 3.05) is 7.05 Å². The summed E-state index contributed by atoms with van der Waals surface area (Å²) in [7, 11) is 2.11. The van der Waals surface area contributed by atoms with Gasteiger partial charge in [0.05, 0.1) is 0 Å². The Kier molecular flexibility index (Phi) is 5.30. The Balaban J connectivity index is 2.24. The van der Waals surface area contributed by atoms with Gasteiger partial charge in [0.15, 0.2) is 0 Å². The van der Waals surface area contributed by atoms with Crippen LogP contribution in [0.3, 0.4) is 0 Å². The van der Waals surface area contributed by atoms with Gasteiger partial charge in [-0.15, -0.1) is 0 Å². The standard InChI is InChI=1S/C18H28BrN/c1-11-6-7-15(8-12(11)2)18(20-5)16-9-13(3)17(19)14(4)10-16/h9-12,15,18,20H,6-8H2,1-5H3. The zero-order valence-corrected chi connectivity index (χ0v) is 15.0. The van der Waals surface area contributed by atoms with E-state index in [0.717, 1.165) is 17.8 Å². The molecule has 0 aromatic heterocycles. The van der Waals surface area contributed by atoms with Crippen molar-refractivity contribution >= 4 is 15.9 Å². The summed E-state index contributed by atoms with van der Waals surface area (Å²) < 4.78 is 1.25. The molecular weight excluding hydrogens is 310 g/mol. The Morgan fingerprint density at radius 3 is 2.20 bits per heavy atom. The monoisotopic (exact) mass is 337 g/mol. The second kappa shape index (κ2) is 6.62. The van der Waals surface area contributed by atoms with Crippen LogP contribution in [0.2, 0.25) is 0 Å². The van der Waals surface area contributed by atoms with Crippen LogP contribution >= 0.6 is 15.9 Å². The molecule has 1 nitrogen and oxygen atoms in total. The number of halogens is 1. The van der Waals surface area contributed by atoms with Gasteiger partial charge in [-0.1, -0.05) is 48.3 Å². The third-order valence-electron chi connectivity index (χ3n) is 5.24. The molecule has 1 aliphatic carbocycles. The predicted octanol–water partition coefficient (Wildman–Crippen LogP) is 5.40. The maximum atomic E-state index is 3.68. The SMILES string of the molecule is CNC(c1cc(C)c(Br)c(C)c1)C1CCC(C)C(C)C1. The maximum Gasteiger partial charge on any atom is 0.0346 e. The van der Waals surface area contributed by atoms with E-state index < -0.39 is 0 Å². The van der Waals surface area contributed by atoms with E-state index in [1.807, 2.05) is 0 Å². The van der Waals surface area contributed by atoms with E-state index in [0.29, 0.717) is 6.04 Å². The highest BCUT2D eigenvalue weighted by Gasteiger charge is 2.30. The van der Waals surface area contributed by atoms with Crippen molar-refractivity contribution in [3.63, 3.8) is 0 Å². The lowest BCUT2D eigenvalue weighted by Gasteiger charge is -2.37. The average molecular weight is 338 g/mol. The minimum Gasteiger partial charge on any atom is -0.313 e. The molecule has 4 unspecified atom stereocenters. The van der Waals surface area contributed by atoms with Crippen molar-refractivity contribution in [1.82, 2.24) is 5.32 Å². The quantitative estimate of drug-likeness (QED) is 0.778. The molecule has 2 heteroatoms. The zero-order valence-electron chi connectivity index (χ0n) is 13.5. The molecule has 2 rings (SSSR count). The number of nitrogens with one attached hydrogen (secondary N) is 1. The number of aryl methyl sites for hydroxylation is 2. The van der Waals surface area contributed by atoms with Crippen LogP contribution in [0.5, 0.6) is 0 Å². The lowest BCUT2D eigenvalue weighted by molar-refractivity contribution is 0.174. The average Bonchev–Trinajstić information content (AvgIpc) is 2.41. The fourth-order valence-electron chi connectivity index (χ4n) is 3.73. The topological polar surface area (TPSA) is 12.0 Å². The summed E-state index contributed by atoms with van der Waals surface area (Å²) in [4.78, 5) is 0. The Bertz CT molecular complexity index is 445. The van der Waals surface area contributed by atoms with Crippen LogP contribution in [0.1, 0.15) is 55.8 Å². The smallest absolute Gasteiger partial charge is 0.0346 e. The van der Waals surface area contributed by atoms with Gasteiger partial charge in [-0.05, 0) is 68.2 Å². The first-order valence-electron chi connectivity index (χ1n) is 7.88. The molecule has 4 atom stereocenters. The van der Waals surface area contributed by atoms with Gasteiger partial charge < -0.3 is 5.32 Å². The first-order chi connectivity index (χ1) is 9.43. The molecule has 0 bridgehead atoms. The summed E-state index contributed by atoms with van der Waals surface area (Å²) in [6, 6.07) is 5.19. The molecule has 0 spiro atoms. The molecule has 0 aliphatic heterocycles. The normalized spacial score (nSPS) is 28.4. The summed E-state index contributed by atoms with van der Waals surface area (Å²) in [5, 5.41) is 3.58. The van der Waals surface area contributed by atoms with Crippen molar-refractivity contribution in [3.05, 3.63) is 33.3 Å². The molecule has 1 aromatic carbocycles. The summed E-state index contributed by atoms with van der Waals surface area (Å²) >= 11 is 3.68. The van der Waals surface area contributed by atoms with E-state index in [1.54, 1.807) is 0 Å². The molecule has 20 heavy (non-hydrogen) atoms. The number of rotatable bonds is 3. The van der Waals surface area contributed by atoms with Gasteiger partial charge in [0.2, 0.25) is 0 Å². The Morgan fingerprint density at radius 1 is 1.10 bits per heavy atom. The van der Waals surface area contributed by atoms with Crippen LogP contribution < -0.4 is 5.32 Å². The van der Waals surface area contributed by atoms with Crippen LogP contribution in [0.4, 0.5) is 0 Å². The van der Waals surface area contributed by atoms with E-state index in [-0.39, 0.29) is 0 Å². The Labute approximate surface area is 132 Å². The molecule has 1 N–H and O–H groups in total. The van der Waals surface area contributed by atoms with Crippen molar-refractivity contribution in [2.24, 2.45) is 17.8 Å². The van der Waals surface area contributed by atoms with Gasteiger partial charge in [0, 0.05) is 10.5 Å². The second-order valence-corrected chi connectivity index (χ2v) is 7.56. The van der Waals surface area contributed by atoms with Gasteiger partial charge in [-0.3, -0.25) is 0 Å². The molecule has 1 fully saturated rings. The third-order valence-corrected chi connectivity index (χ3v) is 6.49. The molecule has 1 aliphatic rings. The lowest BCUT2D eigenvalue weighted by atomic mass is 9.72. The number of hydrogen-bond acceptors (Lipinski definition) is 1. The summed E-state index contributed by atoms with van der Waals surface area (Å²) in [5.41, 5.74) is 4.15. The van der Waals surface area contributed by atoms with Gasteiger partial charge in [-0.25, -0.2) is 0 Å². The predicted molar refractivity (Wildman–Crippen MR) is 91.1 cm³/mol. The van der Waals surface area contributed by atoms with E-state index in [1.165, 1.54) is 40.4 Å². The maximum absolute atomic E-state index is 3.68. The van der Waals surface area contributed by atoms with Crippen LogP contribution in [0.25, 0.3) is 0 Å². The van der Waals surface area contributed by atoms with E-state index in [2.05, 4.69) is 68.1 Å². The first kappa shape index (κ1) is 16.0. The van der Waals surface area contributed by atoms with E-state index in [4.69, 9.17) is 0 Å². The van der Waals surface area contributed by atoms with Crippen molar-refractivity contribution in [3.8, 4) is 0 Å². The highest BCUT2D eigenvalue weighted by molar-refractivity contribution is 9.10. The highest BCUT2D eigenvalue weighted by Crippen LogP contribution is 2.40. The summed E-state index contributed by atoms with van der Waals surface area (Å²) in [6.45, 7) is 9.21. The largest absolute Gasteiger partial charge is 0.313 e. The van der Waals surface area contributed by atoms with Crippen LogP contribution in [-0.4, -0.2) is 7.05 Å². The van der Waals surface area contributed by atoms with Gasteiger partial charge in [0.1, 0.15) is 0 Å². The molecule has 0 radical (unpaired) electrons. The number of benzene rings is 1. The lowest BCUT2D eigenvalue weighted by Crippen LogP contribution is -2.31. The summed E-state index contributed by atoms with van der Waals surface area (Å²) in [6.07, 6.45) is 4.07. The Hall–Kier alpha value is -0.340. The molecule has 0 heterocycles. The first-order valence-corrected chi connectivity index (χ1v) is 8.67. The van der Waals surface area contributed by atoms with Crippen LogP contribution in [-0.2, 0) is 0 Å². The minimum absolute atomic E-state index is 0.496. The van der Waals surface area contributed by atoms with Crippen LogP contribution in [0.15, 0.2) is 16.6 Å². The molecule has 1 aromatic rings. The van der Waals surface area contributed by atoms with Crippen molar-refractivity contribution in [1.29, 1.82) is 0 Å². The van der Waals surface area contributed by atoms with Crippen molar-refractivity contribution in [2.45, 2.75) is 53.0 Å². The van der Waals surface area contributed by atoms with Gasteiger partial charge in [0.25, 0.3) is 0 Å². The second-order valence-electron chi connectivity index (χ2n) is 6.76. The van der Waals surface area contributed by atoms with Crippen LogP contribution in [0, 0.1) is 31.6 Å². The highest BCUT2D eigenvalue weighted by atomic mass is 79.9. The molecule has 1 saturated carbocycles. The summed E-state index contributed by atoms with van der Waals surface area (Å²) in [5.74, 6) is 2.51. The minimum atomic E-state index is 0.496. The fourth-order valence-corrected chi connectivity index (χ4v) is 3.95. The van der Waals surface area contributed by atoms with Gasteiger partial charge in [-0.2, -0.15) is 0 Å². The molecule has 0 saturated heterocycles. The van der Waals surface area contributed by atoms with Gasteiger partial charge >= 0.3 is 0 Å². The zero-order chi connectivity index (χ0) is 14.9. The van der Waals surface area contributed by atoms with E-state index >= 15 is 0 Å². The molecule has 0 amide bonds. The Morgan fingerprint density at radius 2 is 1.70 bits per heavy atom. The molecular formula is C18H28BrN. The fraction of sp³-hybridized carbons (Fsp3) is 0.667.